The predicted octanol–water partition coefficient (Wildman–Crippen LogP) is 4.23. The zero-order valence-corrected chi connectivity index (χ0v) is 16.6. The molecule has 28 heavy (non-hydrogen) atoms. The van der Waals surface area contributed by atoms with E-state index in [1.165, 1.54) is 11.1 Å². The van der Waals surface area contributed by atoms with Crippen molar-refractivity contribution in [2.45, 2.75) is 32.1 Å². The number of hydrogen-bond donors (Lipinski definition) is 2. The average molecular weight is 374 g/mol. The summed E-state index contributed by atoms with van der Waals surface area (Å²) in [5.41, 5.74) is 12.4. The molecule has 1 aliphatic rings. The van der Waals surface area contributed by atoms with E-state index in [0.29, 0.717) is 12.5 Å². The van der Waals surface area contributed by atoms with Crippen LogP contribution in [0.1, 0.15) is 30.5 Å². The van der Waals surface area contributed by atoms with Crippen molar-refractivity contribution in [1.82, 2.24) is 9.97 Å². The number of hydrogen-bond acceptors (Lipinski definition) is 5. The monoisotopic (exact) mass is 374 g/mol. The molecule has 0 atom stereocenters. The first-order valence-corrected chi connectivity index (χ1v) is 9.61. The van der Waals surface area contributed by atoms with Crippen LogP contribution in [0.25, 0.3) is 11.3 Å². The average Bonchev–Trinajstić information content (AvgIpc) is 2.69. The summed E-state index contributed by atoms with van der Waals surface area (Å²) in [7, 11) is 1.69. The van der Waals surface area contributed by atoms with Crippen LogP contribution in [0.15, 0.2) is 48.7 Å². The van der Waals surface area contributed by atoms with Gasteiger partial charge in [-0.1, -0.05) is 32.0 Å². The summed E-state index contributed by atoms with van der Waals surface area (Å²) in [6.45, 7) is 5.17. The number of fused-ring (bicyclic) bond motifs is 3. The highest BCUT2D eigenvalue weighted by atomic mass is 16.5. The van der Waals surface area contributed by atoms with E-state index in [4.69, 9.17) is 15.5 Å². The minimum Gasteiger partial charge on any atom is -0.497 e. The van der Waals surface area contributed by atoms with Gasteiger partial charge in [0.15, 0.2) is 0 Å². The zero-order chi connectivity index (χ0) is 19.7. The minimum atomic E-state index is 0.0335. The van der Waals surface area contributed by atoms with E-state index in [9.17, 15) is 0 Å². The molecular formula is C23H26N4O. The molecule has 0 spiro atoms. The number of nitrogens with one attached hydrogen (secondary N) is 1. The molecule has 5 heteroatoms. The van der Waals surface area contributed by atoms with Gasteiger partial charge in [0.05, 0.1) is 12.8 Å². The van der Waals surface area contributed by atoms with Crippen LogP contribution < -0.4 is 15.8 Å². The summed E-state index contributed by atoms with van der Waals surface area (Å²) in [5, 5.41) is 3.32. The fourth-order valence-electron chi connectivity index (χ4n) is 3.89. The zero-order valence-electron chi connectivity index (χ0n) is 16.6. The molecule has 2 aromatic carbocycles. The molecule has 1 aliphatic carbocycles. The molecule has 1 aromatic heterocycles. The molecule has 1 heterocycles. The Morgan fingerprint density at radius 1 is 1.14 bits per heavy atom. The van der Waals surface area contributed by atoms with Gasteiger partial charge in [-0.25, -0.2) is 9.97 Å². The number of aromatic nitrogens is 2. The molecule has 5 nitrogen and oxygen atoms in total. The quantitative estimate of drug-likeness (QED) is 0.699. The van der Waals surface area contributed by atoms with Crippen molar-refractivity contribution in [3.63, 3.8) is 0 Å². The van der Waals surface area contributed by atoms with E-state index >= 15 is 0 Å². The second kappa shape index (κ2) is 7.24. The SMILES string of the molecule is COc1ccc2c(c1)-c1nc(Nc3ccc(CCN)cc3)ncc1CC2(C)C. The number of rotatable bonds is 5. The van der Waals surface area contributed by atoms with Gasteiger partial charge in [0.25, 0.3) is 0 Å². The van der Waals surface area contributed by atoms with Crippen molar-refractivity contribution < 1.29 is 4.74 Å². The van der Waals surface area contributed by atoms with Gasteiger partial charge in [-0.2, -0.15) is 0 Å². The van der Waals surface area contributed by atoms with Crippen LogP contribution in [0.2, 0.25) is 0 Å². The molecule has 0 bridgehead atoms. The lowest BCUT2D eigenvalue weighted by atomic mass is 9.72. The van der Waals surface area contributed by atoms with Crippen LogP contribution in [0.5, 0.6) is 5.75 Å². The molecule has 3 N–H and O–H groups in total. The topological polar surface area (TPSA) is 73.1 Å². The largest absolute Gasteiger partial charge is 0.497 e. The van der Waals surface area contributed by atoms with Gasteiger partial charge in [-0.15, -0.1) is 0 Å². The third-order valence-electron chi connectivity index (χ3n) is 5.35. The van der Waals surface area contributed by atoms with Crippen LogP contribution in [0, 0.1) is 0 Å². The summed E-state index contributed by atoms with van der Waals surface area (Å²) in [6, 6.07) is 14.5. The number of nitrogens with two attached hydrogens (primary N) is 1. The molecule has 3 aromatic rings. The minimum absolute atomic E-state index is 0.0335. The maximum Gasteiger partial charge on any atom is 0.227 e. The first kappa shape index (κ1) is 18.4. The van der Waals surface area contributed by atoms with E-state index in [1.54, 1.807) is 7.11 Å². The maximum atomic E-state index is 5.62. The molecule has 0 unspecified atom stereocenters. The van der Waals surface area contributed by atoms with Crippen molar-refractivity contribution >= 4 is 11.6 Å². The van der Waals surface area contributed by atoms with Crippen LogP contribution in [0.4, 0.5) is 11.6 Å². The summed E-state index contributed by atoms with van der Waals surface area (Å²) in [5.74, 6) is 1.44. The standard InChI is InChI=1S/C23H26N4O/c1-23(2)13-16-14-25-22(26-17-6-4-15(5-7-17)10-11-24)27-21(16)19-12-18(28-3)8-9-20(19)23/h4-9,12,14H,10-11,13,24H2,1-3H3,(H,25,26,27). The molecule has 0 saturated carbocycles. The number of ether oxygens (including phenoxy) is 1. The van der Waals surface area contributed by atoms with Crippen molar-refractivity contribution in [3.8, 4) is 17.0 Å². The molecule has 0 amide bonds. The van der Waals surface area contributed by atoms with Gasteiger partial charge in [0.2, 0.25) is 5.95 Å². The Morgan fingerprint density at radius 3 is 2.64 bits per heavy atom. The highest BCUT2D eigenvalue weighted by Crippen LogP contribution is 2.43. The Labute approximate surface area is 166 Å². The normalized spacial score (nSPS) is 14.1. The molecule has 0 aliphatic heterocycles. The summed E-state index contributed by atoms with van der Waals surface area (Å²) in [4.78, 5) is 9.41. The highest BCUT2D eigenvalue weighted by molar-refractivity contribution is 5.74. The van der Waals surface area contributed by atoms with Crippen molar-refractivity contribution in [2.24, 2.45) is 5.73 Å². The van der Waals surface area contributed by atoms with Gasteiger partial charge in [0.1, 0.15) is 5.75 Å². The summed E-state index contributed by atoms with van der Waals surface area (Å²) < 4.78 is 5.45. The van der Waals surface area contributed by atoms with E-state index in [-0.39, 0.29) is 5.41 Å². The van der Waals surface area contributed by atoms with Crippen molar-refractivity contribution in [3.05, 3.63) is 65.4 Å². The Hall–Kier alpha value is -2.92. The Bertz CT molecular complexity index is 996. The van der Waals surface area contributed by atoms with Crippen molar-refractivity contribution in [2.75, 3.05) is 19.0 Å². The molecule has 144 valence electrons. The van der Waals surface area contributed by atoms with Crippen LogP contribution in [-0.2, 0) is 18.3 Å². The smallest absolute Gasteiger partial charge is 0.227 e. The molecule has 0 saturated heterocycles. The first-order chi connectivity index (χ1) is 13.5. The van der Waals surface area contributed by atoms with Crippen molar-refractivity contribution in [1.29, 1.82) is 0 Å². The van der Waals surface area contributed by atoms with E-state index in [2.05, 4.69) is 48.4 Å². The lowest BCUT2D eigenvalue weighted by Gasteiger charge is -2.33. The highest BCUT2D eigenvalue weighted by Gasteiger charge is 2.32. The molecule has 0 fully saturated rings. The molecule has 0 radical (unpaired) electrons. The third-order valence-corrected chi connectivity index (χ3v) is 5.35. The van der Waals surface area contributed by atoms with Gasteiger partial charge in [0, 0.05) is 17.4 Å². The Morgan fingerprint density at radius 2 is 1.93 bits per heavy atom. The number of methoxy groups -OCH3 is 1. The predicted molar refractivity (Wildman–Crippen MR) is 113 cm³/mol. The lowest BCUT2D eigenvalue weighted by molar-refractivity contribution is 0.414. The van der Waals surface area contributed by atoms with Crippen LogP contribution in [0.3, 0.4) is 0 Å². The summed E-state index contributed by atoms with van der Waals surface area (Å²) >= 11 is 0. The number of anilines is 2. The maximum absolute atomic E-state index is 5.62. The first-order valence-electron chi connectivity index (χ1n) is 9.61. The van der Waals surface area contributed by atoms with Gasteiger partial charge >= 0.3 is 0 Å². The third kappa shape index (κ3) is 3.45. The van der Waals surface area contributed by atoms with Crippen LogP contribution >= 0.6 is 0 Å². The fraction of sp³-hybridized carbons (Fsp3) is 0.304. The van der Waals surface area contributed by atoms with Gasteiger partial charge in [-0.3, -0.25) is 0 Å². The van der Waals surface area contributed by atoms with Crippen LogP contribution in [-0.4, -0.2) is 23.6 Å². The Kier molecular flexibility index (Phi) is 4.77. The van der Waals surface area contributed by atoms with E-state index in [0.717, 1.165) is 41.1 Å². The summed E-state index contributed by atoms with van der Waals surface area (Å²) in [6.07, 6.45) is 3.73. The van der Waals surface area contributed by atoms with E-state index in [1.807, 2.05) is 24.4 Å². The fourth-order valence-corrected chi connectivity index (χ4v) is 3.89. The Balaban J connectivity index is 1.69. The lowest BCUT2D eigenvalue weighted by Crippen LogP contribution is -2.26. The van der Waals surface area contributed by atoms with Gasteiger partial charge < -0.3 is 15.8 Å². The van der Waals surface area contributed by atoms with E-state index < -0.39 is 0 Å². The molecule has 4 rings (SSSR count). The number of nitrogens with zero attached hydrogens (tertiary/aromatic N) is 2. The molecular weight excluding hydrogens is 348 g/mol. The second-order valence-corrected chi connectivity index (χ2v) is 7.90. The number of benzene rings is 2. The second-order valence-electron chi connectivity index (χ2n) is 7.90. The van der Waals surface area contributed by atoms with Gasteiger partial charge in [-0.05, 0) is 65.8 Å².